The van der Waals surface area contributed by atoms with Gasteiger partial charge in [0.1, 0.15) is 11.8 Å². The van der Waals surface area contributed by atoms with Crippen LogP contribution in [0.5, 0.6) is 17.2 Å². The first-order chi connectivity index (χ1) is 20.3. The lowest BCUT2D eigenvalue weighted by Crippen LogP contribution is -2.39. The maximum absolute atomic E-state index is 13.6. The molecule has 0 aliphatic carbocycles. The molecular formula is C31H33N3O8. The van der Waals surface area contributed by atoms with E-state index in [0.29, 0.717) is 40.6 Å². The van der Waals surface area contributed by atoms with Gasteiger partial charge < -0.3 is 29.2 Å². The Hall–Kier alpha value is -5.06. The summed E-state index contributed by atoms with van der Waals surface area (Å²) in [5.41, 5.74) is 1.99. The van der Waals surface area contributed by atoms with Crippen molar-refractivity contribution in [2.75, 3.05) is 44.7 Å². The lowest BCUT2D eigenvalue weighted by Gasteiger charge is -2.22. The number of imide groups is 1. The number of hydrogen-bond donors (Lipinski definition) is 1. The number of ether oxygens (including phenoxy) is 4. The molecule has 11 nitrogen and oxygen atoms in total. The third kappa shape index (κ3) is 6.63. The fourth-order valence-corrected chi connectivity index (χ4v) is 4.65. The van der Waals surface area contributed by atoms with Crippen molar-refractivity contribution in [3.63, 3.8) is 0 Å². The minimum Gasteiger partial charge on any atom is -0.497 e. The second-order valence-corrected chi connectivity index (χ2v) is 9.36. The van der Waals surface area contributed by atoms with Gasteiger partial charge >= 0.3 is 12.0 Å². The monoisotopic (exact) mass is 575 g/mol. The van der Waals surface area contributed by atoms with Crippen LogP contribution in [0.25, 0.3) is 0 Å². The second kappa shape index (κ2) is 13.5. The van der Waals surface area contributed by atoms with Crippen molar-refractivity contribution >= 4 is 35.2 Å². The van der Waals surface area contributed by atoms with Crippen molar-refractivity contribution in [3.8, 4) is 17.2 Å². The molecule has 11 heteroatoms. The number of rotatable bonds is 12. The highest BCUT2D eigenvalue weighted by Crippen LogP contribution is 2.31. The zero-order valence-electron chi connectivity index (χ0n) is 23.9. The van der Waals surface area contributed by atoms with E-state index in [1.54, 1.807) is 56.5 Å². The Kier molecular flexibility index (Phi) is 9.64. The molecular weight excluding hydrogens is 542 g/mol. The molecule has 1 aliphatic rings. The Bertz CT molecular complexity index is 1460. The van der Waals surface area contributed by atoms with Gasteiger partial charge in [0.05, 0.1) is 45.6 Å². The van der Waals surface area contributed by atoms with E-state index >= 15 is 0 Å². The zero-order valence-corrected chi connectivity index (χ0v) is 23.9. The summed E-state index contributed by atoms with van der Waals surface area (Å²) in [6.07, 6.45) is 0.134. The molecule has 1 heterocycles. The van der Waals surface area contributed by atoms with Crippen LogP contribution in [0.2, 0.25) is 0 Å². The third-order valence-corrected chi connectivity index (χ3v) is 6.78. The molecule has 220 valence electrons. The molecule has 0 aromatic heterocycles. The predicted molar refractivity (Wildman–Crippen MR) is 155 cm³/mol. The number of methoxy groups -OCH3 is 3. The lowest BCUT2D eigenvalue weighted by molar-refractivity contribution is -0.124. The molecule has 3 aromatic carbocycles. The van der Waals surface area contributed by atoms with Crippen LogP contribution in [0.3, 0.4) is 0 Å². The largest absolute Gasteiger partial charge is 0.497 e. The molecule has 1 N–H and O–H groups in total. The van der Waals surface area contributed by atoms with Crippen LogP contribution < -0.4 is 24.4 Å². The van der Waals surface area contributed by atoms with Crippen LogP contribution in [0.4, 0.5) is 16.2 Å². The number of urea groups is 1. The number of carbonyl (C=O) groups is 4. The fraction of sp³-hybridized carbons (Fsp3) is 0.290. The second-order valence-electron chi connectivity index (χ2n) is 9.36. The van der Waals surface area contributed by atoms with Crippen molar-refractivity contribution in [2.24, 2.45) is 0 Å². The zero-order chi connectivity index (χ0) is 30.2. The molecule has 42 heavy (non-hydrogen) atoms. The number of hydrogen-bond acceptors (Lipinski definition) is 8. The SMILES string of the molecule is CCOC(=O)c1ccc(NC(=O)CC2C(=O)N(c3cccc(OC)c3)C(=O)N2CCc2ccc(OC)c(OC)c2)cc1. The van der Waals surface area contributed by atoms with Gasteiger partial charge in [0.25, 0.3) is 5.91 Å². The molecule has 0 spiro atoms. The summed E-state index contributed by atoms with van der Waals surface area (Å²) in [5, 5.41) is 2.75. The number of nitrogens with one attached hydrogen (secondary N) is 1. The van der Waals surface area contributed by atoms with Gasteiger partial charge in [0, 0.05) is 18.3 Å². The maximum Gasteiger partial charge on any atom is 0.338 e. The summed E-state index contributed by atoms with van der Waals surface area (Å²) in [5.74, 6) is 0.150. The van der Waals surface area contributed by atoms with Crippen molar-refractivity contribution in [2.45, 2.75) is 25.8 Å². The normalized spacial score (nSPS) is 14.5. The van der Waals surface area contributed by atoms with E-state index in [1.165, 1.54) is 31.3 Å². The molecule has 0 saturated carbocycles. The first-order valence-corrected chi connectivity index (χ1v) is 13.4. The highest BCUT2D eigenvalue weighted by Gasteiger charge is 2.46. The molecule has 0 radical (unpaired) electrons. The summed E-state index contributed by atoms with van der Waals surface area (Å²) in [6.45, 7) is 2.14. The number of benzene rings is 3. The molecule has 3 aromatic rings. The van der Waals surface area contributed by atoms with Crippen LogP contribution in [0.15, 0.2) is 66.7 Å². The van der Waals surface area contributed by atoms with Crippen molar-refractivity contribution in [1.82, 2.24) is 4.90 Å². The first kappa shape index (κ1) is 29.9. The van der Waals surface area contributed by atoms with Crippen LogP contribution in [-0.2, 0) is 20.7 Å². The molecule has 1 saturated heterocycles. The molecule has 1 unspecified atom stereocenters. The minimum absolute atomic E-state index is 0.173. The van der Waals surface area contributed by atoms with Gasteiger partial charge in [0.2, 0.25) is 5.91 Å². The number of carbonyl (C=O) groups excluding carboxylic acids is 4. The summed E-state index contributed by atoms with van der Waals surface area (Å²) in [7, 11) is 4.58. The fourth-order valence-electron chi connectivity index (χ4n) is 4.65. The van der Waals surface area contributed by atoms with Gasteiger partial charge in [-0.05, 0) is 67.4 Å². The standard InChI is InChI=1S/C31H33N3O8/c1-5-42-30(37)21-10-12-22(13-11-21)32-28(35)19-25-29(36)34(23-7-6-8-24(18-23)39-2)31(38)33(25)16-15-20-9-14-26(40-3)27(17-20)41-4/h6-14,17-18,25H,5,15-16,19H2,1-4H3,(H,32,35). The van der Waals surface area contributed by atoms with E-state index in [2.05, 4.69) is 5.32 Å². The predicted octanol–water partition coefficient (Wildman–Crippen LogP) is 4.30. The highest BCUT2D eigenvalue weighted by molar-refractivity contribution is 6.22. The Morgan fingerprint density at radius 1 is 0.881 bits per heavy atom. The van der Waals surface area contributed by atoms with Crippen LogP contribution in [0, 0.1) is 0 Å². The van der Waals surface area contributed by atoms with E-state index in [1.807, 2.05) is 12.1 Å². The molecule has 0 bridgehead atoms. The van der Waals surface area contributed by atoms with Crippen molar-refractivity contribution in [3.05, 3.63) is 77.9 Å². The van der Waals surface area contributed by atoms with Gasteiger partial charge in [-0.2, -0.15) is 0 Å². The number of amides is 4. The molecule has 1 fully saturated rings. The third-order valence-electron chi connectivity index (χ3n) is 6.78. The Morgan fingerprint density at radius 2 is 1.62 bits per heavy atom. The highest BCUT2D eigenvalue weighted by atomic mass is 16.5. The van der Waals surface area contributed by atoms with Crippen LogP contribution in [-0.4, -0.2) is 69.2 Å². The summed E-state index contributed by atoms with van der Waals surface area (Å²) >= 11 is 0. The number of esters is 1. The lowest BCUT2D eigenvalue weighted by atomic mass is 10.1. The van der Waals surface area contributed by atoms with E-state index in [9.17, 15) is 19.2 Å². The average molecular weight is 576 g/mol. The van der Waals surface area contributed by atoms with Crippen molar-refractivity contribution in [1.29, 1.82) is 0 Å². The van der Waals surface area contributed by atoms with Crippen LogP contribution in [0.1, 0.15) is 29.3 Å². The molecule has 1 atom stereocenters. The topological polar surface area (TPSA) is 124 Å². The molecule has 4 amide bonds. The number of nitrogens with zero attached hydrogens (tertiary/aromatic N) is 2. The maximum atomic E-state index is 13.6. The van der Waals surface area contributed by atoms with Crippen molar-refractivity contribution < 1.29 is 38.1 Å². The minimum atomic E-state index is -1.04. The Labute approximate surface area is 243 Å². The van der Waals surface area contributed by atoms with Gasteiger partial charge in [0.15, 0.2) is 11.5 Å². The Balaban J connectivity index is 1.54. The smallest absolute Gasteiger partial charge is 0.338 e. The number of anilines is 2. The van der Waals surface area contributed by atoms with Gasteiger partial charge in [-0.25, -0.2) is 14.5 Å². The van der Waals surface area contributed by atoms with E-state index in [-0.39, 0.29) is 19.6 Å². The Morgan fingerprint density at radius 3 is 2.29 bits per heavy atom. The van der Waals surface area contributed by atoms with E-state index in [4.69, 9.17) is 18.9 Å². The van der Waals surface area contributed by atoms with Gasteiger partial charge in [-0.1, -0.05) is 12.1 Å². The molecule has 1 aliphatic heterocycles. The molecule has 4 rings (SSSR count). The van der Waals surface area contributed by atoms with Gasteiger partial charge in [-0.15, -0.1) is 0 Å². The van der Waals surface area contributed by atoms with E-state index < -0.39 is 29.9 Å². The summed E-state index contributed by atoms with van der Waals surface area (Å²) < 4.78 is 20.9. The van der Waals surface area contributed by atoms with Gasteiger partial charge in [-0.3, -0.25) is 9.59 Å². The summed E-state index contributed by atoms with van der Waals surface area (Å²) in [4.78, 5) is 54.8. The van der Waals surface area contributed by atoms with Crippen LogP contribution >= 0.6 is 0 Å². The van der Waals surface area contributed by atoms with E-state index in [0.717, 1.165) is 10.5 Å². The average Bonchev–Trinajstić information content (AvgIpc) is 3.23. The first-order valence-electron chi connectivity index (χ1n) is 13.4. The quantitative estimate of drug-likeness (QED) is 0.251. The summed E-state index contributed by atoms with van der Waals surface area (Å²) in [6, 6.07) is 16.7.